The molecule has 9 heteroatoms. The number of nitrogens with zero attached hydrogens (tertiary/aromatic N) is 3. The summed E-state index contributed by atoms with van der Waals surface area (Å²) in [5.74, 6) is 1.06. The van der Waals surface area contributed by atoms with E-state index in [1.54, 1.807) is 19.0 Å². The van der Waals surface area contributed by atoms with Crippen LogP contribution in [-0.2, 0) is 14.3 Å². The highest BCUT2D eigenvalue weighted by atomic mass is 16.5. The van der Waals surface area contributed by atoms with Crippen molar-refractivity contribution in [2.24, 2.45) is 10.9 Å². The maximum Gasteiger partial charge on any atom is 0.409 e. The summed E-state index contributed by atoms with van der Waals surface area (Å²) >= 11 is 0. The van der Waals surface area contributed by atoms with E-state index < -0.39 is 0 Å². The van der Waals surface area contributed by atoms with Crippen LogP contribution in [0.5, 0.6) is 0 Å². The molecular formula is C17H31N5O4. The van der Waals surface area contributed by atoms with Crippen molar-refractivity contribution >= 4 is 18.0 Å². The van der Waals surface area contributed by atoms with Gasteiger partial charge in [0, 0.05) is 52.3 Å². The van der Waals surface area contributed by atoms with Gasteiger partial charge in [-0.05, 0) is 19.3 Å². The van der Waals surface area contributed by atoms with Gasteiger partial charge in [-0.3, -0.25) is 4.79 Å². The van der Waals surface area contributed by atoms with E-state index in [1.165, 1.54) is 12.0 Å². The van der Waals surface area contributed by atoms with E-state index in [0.29, 0.717) is 25.0 Å². The second-order valence-corrected chi connectivity index (χ2v) is 6.94. The monoisotopic (exact) mass is 369 g/mol. The number of carbonyl (C=O) groups excluding carboxylic acids is 2. The minimum absolute atomic E-state index is 0.0455. The molecule has 0 aromatic rings. The van der Waals surface area contributed by atoms with Crippen LogP contribution in [0.3, 0.4) is 0 Å². The number of amides is 2. The first-order chi connectivity index (χ1) is 12.5. The Hall–Kier alpha value is -2.03. The Morgan fingerprint density at radius 2 is 2.00 bits per heavy atom. The van der Waals surface area contributed by atoms with Gasteiger partial charge in [0.25, 0.3) is 0 Å². The third-order valence-corrected chi connectivity index (χ3v) is 4.72. The zero-order chi connectivity index (χ0) is 18.9. The molecule has 2 N–H and O–H groups in total. The lowest BCUT2D eigenvalue weighted by atomic mass is 10.1. The van der Waals surface area contributed by atoms with Gasteiger partial charge in [0.2, 0.25) is 5.91 Å². The van der Waals surface area contributed by atoms with Crippen LogP contribution in [0.2, 0.25) is 0 Å². The first-order valence-corrected chi connectivity index (χ1v) is 9.15. The smallest absolute Gasteiger partial charge is 0.409 e. The molecule has 2 rings (SSSR count). The highest BCUT2D eigenvalue weighted by Gasteiger charge is 2.24. The number of nitrogens with one attached hydrogen (secondary N) is 2. The van der Waals surface area contributed by atoms with Gasteiger partial charge in [-0.1, -0.05) is 0 Å². The van der Waals surface area contributed by atoms with Gasteiger partial charge in [-0.2, -0.15) is 0 Å². The Balaban J connectivity index is 1.87. The van der Waals surface area contributed by atoms with Gasteiger partial charge in [0.1, 0.15) is 6.54 Å². The number of rotatable bonds is 5. The average Bonchev–Trinajstić information content (AvgIpc) is 3.17. The van der Waals surface area contributed by atoms with Gasteiger partial charge in [-0.15, -0.1) is 0 Å². The molecule has 2 fully saturated rings. The summed E-state index contributed by atoms with van der Waals surface area (Å²) in [4.78, 5) is 31.1. The Morgan fingerprint density at radius 1 is 1.27 bits per heavy atom. The molecule has 2 heterocycles. The van der Waals surface area contributed by atoms with Gasteiger partial charge < -0.3 is 29.9 Å². The topological polar surface area (TPSA) is 95.5 Å². The fraction of sp³-hybridized carbons (Fsp3) is 0.824. The summed E-state index contributed by atoms with van der Waals surface area (Å²) in [6, 6.07) is 0.205. The van der Waals surface area contributed by atoms with Crippen molar-refractivity contribution in [2.45, 2.75) is 25.3 Å². The number of carbonyl (C=O) groups is 2. The fourth-order valence-corrected chi connectivity index (χ4v) is 2.95. The number of likely N-dealkylation sites (tertiary alicyclic amines) is 1. The summed E-state index contributed by atoms with van der Waals surface area (Å²) in [5.41, 5.74) is 0. The SMILES string of the molecule is COC(=O)N1CCC(NC(=NCC(=O)N(C)C)NCC2CCOC2)CC1. The quantitative estimate of drug-likeness (QED) is 0.518. The normalized spacial score (nSPS) is 21.4. The summed E-state index contributed by atoms with van der Waals surface area (Å²) < 4.78 is 10.2. The summed E-state index contributed by atoms with van der Waals surface area (Å²) in [6.07, 6.45) is 2.37. The maximum absolute atomic E-state index is 11.8. The number of methoxy groups -OCH3 is 1. The molecule has 1 atom stereocenters. The van der Waals surface area contributed by atoms with Crippen molar-refractivity contribution in [3.05, 3.63) is 0 Å². The molecule has 26 heavy (non-hydrogen) atoms. The van der Waals surface area contributed by atoms with Crippen LogP contribution in [0.25, 0.3) is 0 Å². The molecule has 9 nitrogen and oxygen atoms in total. The second kappa shape index (κ2) is 10.2. The molecule has 148 valence electrons. The van der Waals surface area contributed by atoms with Gasteiger partial charge >= 0.3 is 6.09 Å². The fourth-order valence-electron chi connectivity index (χ4n) is 2.95. The largest absolute Gasteiger partial charge is 0.453 e. The van der Waals surface area contributed by atoms with Crippen LogP contribution in [0.15, 0.2) is 4.99 Å². The Morgan fingerprint density at radius 3 is 2.58 bits per heavy atom. The molecule has 0 aromatic heterocycles. The van der Waals surface area contributed by atoms with Gasteiger partial charge in [-0.25, -0.2) is 9.79 Å². The second-order valence-electron chi connectivity index (χ2n) is 6.94. The number of hydrogen-bond acceptors (Lipinski definition) is 5. The van der Waals surface area contributed by atoms with Gasteiger partial charge in [0.05, 0.1) is 13.7 Å². The summed E-state index contributed by atoms with van der Waals surface area (Å²) in [7, 11) is 4.84. The van der Waals surface area contributed by atoms with E-state index in [1.807, 2.05) is 0 Å². The molecule has 0 radical (unpaired) electrons. The standard InChI is InChI=1S/C17H31N5O4/c1-21(2)15(23)11-19-16(18-10-13-6-9-26-12-13)20-14-4-7-22(8-5-14)17(24)25-3/h13-14H,4-12H2,1-3H3,(H2,18,19,20). The zero-order valence-corrected chi connectivity index (χ0v) is 16.0. The van der Waals surface area contributed by atoms with Crippen LogP contribution in [0.1, 0.15) is 19.3 Å². The molecule has 2 saturated heterocycles. The predicted molar refractivity (Wildman–Crippen MR) is 98.1 cm³/mol. The van der Waals surface area contributed by atoms with Crippen molar-refractivity contribution in [1.29, 1.82) is 0 Å². The number of guanidine groups is 1. The van der Waals surface area contributed by atoms with Crippen LogP contribution < -0.4 is 10.6 Å². The van der Waals surface area contributed by atoms with Crippen molar-refractivity contribution in [2.75, 3.05) is 60.6 Å². The Labute approximate surface area is 155 Å². The van der Waals surface area contributed by atoms with Crippen LogP contribution in [-0.4, -0.2) is 94.4 Å². The van der Waals surface area contributed by atoms with E-state index in [0.717, 1.165) is 39.0 Å². The van der Waals surface area contributed by atoms with Crippen LogP contribution in [0, 0.1) is 5.92 Å². The van der Waals surface area contributed by atoms with Crippen molar-refractivity contribution in [3.8, 4) is 0 Å². The molecule has 0 aliphatic carbocycles. The minimum Gasteiger partial charge on any atom is -0.453 e. The molecule has 0 aromatic carbocycles. The molecule has 0 bridgehead atoms. The first kappa shape index (κ1) is 20.3. The molecule has 1 unspecified atom stereocenters. The number of ether oxygens (including phenoxy) is 2. The van der Waals surface area contributed by atoms with Crippen LogP contribution in [0.4, 0.5) is 4.79 Å². The lowest BCUT2D eigenvalue weighted by Gasteiger charge is -2.32. The van der Waals surface area contributed by atoms with E-state index in [-0.39, 0.29) is 24.6 Å². The Bertz CT molecular complexity index is 497. The highest BCUT2D eigenvalue weighted by molar-refractivity contribution is 5.85. The molecule has 0 spiro atoms. The van der Waals surface area contributed by atoms with E-state index >= 15 is 0 Å². The molecule has 2 aliphatic rings. The third-order valence-electron chi connectivity index (χ3n) is 4.72. The number of hydrogen-bond donors (Lipinski definition) is 2. The number of likely N-dealkylation sites (N-methyl/N-ethyl adjacent to an activating group) is 1. The number of aliphatic imine (C=N–C) groups is 1. The predicted octanol–water partition coefficient (Wildman–Crippen LogP) is -0.123. The molecule has 2 aliphatic heterocycles. The average molecular weight is 369 g/mol. The highest BCUT2D eigenvalue weighted by Crippen LogP contribution is 2.12. The summed E-state index contributed by atoms with van der Waals surface area (Å²) in [6.45, 7) is 3.72. The van der Waals surface area contributed by atoms with Crippen molar-refractivity contribution < 1.29 is 19.1 Å². The lowest BCUT2D eigenvalue weighted by Crippen LogP contribution is -2.50. The third kappa shape index (κ3) is 6.36. The van der Waals surface area contributed by atoms with Crippen LogP contribution >= 0.6 is 0 Å². The molecular weight excluding hydrogens is 338 g/mol. The van der Waals surface area contributed by atoms with E-state index in [2.05, 4.69) is 15.6 Å². The zero-order valence-electron chi connectivity index (χ0n) is 16.0. The summed E-state index contributed by atoms with van der Waals surface area (Å²) in [5, 5.41) is 6.73. The van der Waals surface area contributed by atoms with Crippen molar-refractivity contribution in [3.63, 3.8) is 0 Å². The molecule has 2 amide bonds. The number of piperidine rings is 1. The lowest BCUT2D eigenvalue weighted by molar-refractivity contribution is -0.127. The maximum atomic E-state index is 11.8. The molecule has 0 saturated carbocycles. The van der Waals surface area contributed by atoms with Crippen molar-refractivity contribution in [1.82, 2.24) is 20.4 Å². The Kier molecular flexibility index (Phi) is 7.96. The first-order valence-electron chi connectivity index (χ1n) is 9.15. The minimum atomic E-state index is -0.284. The van der Waals surface area contributed by atoms with Gasteiger partial charge in [0.15, 0.2) is 5.96 Å². The van der Waals surface area contributed by atoms with E-state index in [4.69, 9.17) is 9.47 Å². The van der Waals surface area contributed by atoms with E-state index in [9.17, 15) is 9.59 Å².